The summed E-state index contributed by atoms with van der Waals surface area (Å²) < 4.78 is 5.56. The van der Waals surface area contributed by atoms with Crippen molar-refractivity contribution in [3.8, 4) is 11.1 Å². The number of benzene rings is 2. The number of fused-ring (bicyclic) bond motifs is 4. The lowest BCUT2D eigenvalue weighted by molar-refractivity contribution is -0.142. The highest BCUT2D eigenvalue weighted by molar-refractivity contribution is 7.15. The Labute approximate surface area is 177 Å². The van der Waals surface area contributed by atoms with E-state index >= 15 is 0 Å². The number of aromatic nitrogens is 1. The van der Waals surface area contributed by atoms with Crippen LogP contribution in [-0.2, 0) is 22.4 Å². The SMILES string of the molecule is O=C(Nc1nc2c(s1)CC(C(=O)O)CC2)OCC1c2ccccc2-c2ccccc21. The van der Waals surface area contributed by atoms with Crippen LogP contribution in [0.3, 0.4) is 0 Å². The number of ether oxygens (including phenoxy) is 1. The maximum absolute atomic E-state index is 12.4. The minimum Gasteiger partial charge on any atom is -0.481 e. The summed E-state index contributed by atoms with van der Waals surface area (Å²) in [5.41, 5.74) is 5.57. The number of carbonyl (C=O) groups excluding carboxylic acids is 1. The molecule has 1 heterocycles. The monoisotopic (exact) mass is 420 g/mol. The number of hydrogen-bond donors (Lipinski definition) is 2. The summed E-state index contributed by atoms with van der Waals surface area (Å²) in [5.74, 6) is -1.15. The first-order valence-electron chi connectivity index (χ1n) is 9.93. The molecule has 2 aliphatic carbocycles. The molecule has 2 N–H and O–H groups in total. The van der Waals surface area contributed by atoms with E-state index < -0.39 is 12.1 Å². The maximum Gasteiger partial charge on any atom is 0.413 e. The molecular formula is C23H20N2O4S. The van der Waals surface area contributed by atoms with Gasteiger partial charge in [0.25, 0.3) is 0 Å². The Bertz CT molecular complexity index is 1090. The number of nitrogens with one attached hydrogen (secondary N) is 1. The molecule has 7 heteroatoms. The van der Waals surface area contributed by atoms with Crippen LogP contribution in [0, 0.1) is 5.92 Å². The van der Waals surface area contributed by atoms with E-state index in [2.05, 4.69) is 34.6 Å². The number of rotatable bonds is 4. The van der Waals surface area contributed by atoms with Gasteiger partial charge in [0.2, 0.25) is 0 Å². The molecule has 1 aromatic heterocycles. The Kier molecular flexibility index (Phi) is 4.75. The van der Waals surface area contributed by atoms with Gasteiger partial charge in [0, 0.05) is 10.8 Å². The van der Waals surface area contributed by atoms with Gasteiger partial charge < -0.3 is 9.84 Å². The van der Waals surface area contributed by atoms with Crippen LogP contribution in [0.1, 0.15) is 34.0 Å². The molecule has 0 saturated carbocycles. The molecule has 0 saturated heterocycles. The number of aryl methyl sites for hydroxylation is 1. The van der Waals surface area contributed by atoms with Crippen molar-refractivity contribution in [2.24, 2.45) is 5.92 Å². The van der Waals surface area contributed by atoms with Crippen LogP contribution < -0.4 is 5.32 Å². The fourth-order valence-corrected chi connectivity index (χ4v) is 5.43. The molecule has 30 heavy (non-hydrogen) atoms. The van der Waals surface area contributed by atoms with Gasteiger partial charge in [-0.3, -0.25) is 10.1 Å². The van der Waals surface area contributed by atoms with Crippen molar-refractivity contribution in [2.45, 2.75) is 25.2 Å². The number of nitrogens with zero attached hydrogens (tertiary/aromatic N) is 1. The lowest BCUT2D eigenvalue weighted by Gasteiger charge is -2.16. The number of thiazole rings is 1. The Morgan fingerprint density at radius 3 is 2.43 bits per heavy atom. The third-order valence-corrected chi connectivity index (χ3v) is 6.88. The van der Waals surface area contributed by atoms with Crippen molar-refractivity contribution in [1.29, 1.82) is 0 Å². The van der Waals surface area contributed by atoms with Crippen molar-refractivity contribution < 1.29 is 19.4 Å². The molecule has 1 unspecified atom stereocenters. The van der Waals surface area contributed by atoms with Gasteiger partial charge in [-0.25, -0.2) is 9.78 Å². The fourth-order valence-electron chi connectivity index (χ4n) is 4.36. The first-order valence-corrected chi connectivity index (χ1v) is 10.7. The second-order valence-electron chi connectivity index (χ2n) is 7.62. The number of hydrogen-bond acceptors (Lipinski definition) is 5. The molecule has 1 amide bonds. The van der Waals surface area contributed by atoms with Crippen molar-refractivity contribution in [1.82, 2.24) is 4.98 Å². The van der Waals surface area contributed by atoms with Gasteiger partial charge in [-0.05, 0) is 41.5 Å². The molecule has 2 aromatic carbocycles. The number of aliphatic carboxylic acids is 1. The molecule has 6 nitrogen and oxygen atoms in total. The van der Waals surface area contributed by atoms with Gasteiger partial charge in [-0.15, -0.1) is 11.3 Å². The molecule has 152 valence electrons. The van der Waals surface area contributed by atoms with E-state index in [4.69, 9.17) is 4.74 Å². The standard InChI is InChI=1S/C23H20N2O4S/c26-21(27)13-9-10-19-20(11-13)30-22(24-19)25-23(28)29-12-18-16-7-3-1-5-14(16)15-6-2-4-8-17(15)18/h1-8,13,18H,9-12H2,(H,26,27)(H,24,25,28). The number of carbonyl (C=O) groups is 2. The zero-order chi connectivity index (χ0) is 20.7. The number of carboxylic acids is 1. The van der Waals surface area contributed by atoms with Crippen LogP contribution in [0.15, 0.2) is 48.5 Å². The summed E-state index contributed by atoms with van der Waals surface area (Å²) >= 11 is 1.33. The van der Waals surface area contributed by atoms with Crippen LogP contribution in [0.5, 0.6) is 0 Å². The molecule has 1 atom stereocenters. The highest BCUT2D eigenvalue weighted by atomic mass is 32.1. The fraction of sp³-hybridized carbons (Fsp3) is 0.261. The van der Waals surface area contributed by atoms with Crippen LogP contribution >= 0.6 is 11.3 Å². The normalized spacial score (nSPS) is 17.0. The molecular weight excluding hydrogens is 400 g/mol. The predicted octanol–water partition coefficient (Wildman–Crippen LogP) is 4.69. The van der Waals surface area contributed by atoms with E-state index in [1.165, 1.54) is 22.5 Å². The molecule has 0 fully saturated rings. The van der Waals surface area contributed by atoms with Crippen LogP contribution in [-0.4, -0.2) is 28.8 Å². The van der Waals surface area contributed by atoms with E-state index in [1.807, 2.05) is 24.3 Å². The van der Waals surface area contributed by atoms with E-state index in [-0.39, 0.29) is 18.4 Å². The Hall–Kier alpha value is -3.19. The molecule has 0 aliphatic heterocycles. The number of carboxylic acid groups (broad SMARTS) is 1. The third-order valence-electron chi connectivity index (χ3n) is 5.84. The molecule has 0 spiro atoms. The van der Waals surface area contributed by atoms with Crippen LogP contribution in [0.25, 0.3) is 11.1 Å². The smallest absolute Gasteiger partial charge is 0.413 e. The van der Waals surface area contributed by atoms with Crippen LogP contribution in [0.2, 0.25) is 0 Å². The largest absolute Gasteiger partial charge is 0.481 e. The maximum atomic E-state index is 12.4. The van der Waals surface area contributed by atoms with Gasteiger partial charge in [-0.2, -0.15) is 0 Å². The second-order valence-corrected chi connectivity index (χ2v) is 8.70. The minimum atomic E-state index is -0.778. The average molecular weight is 420 g/mol. The summed E-state index contributed by atoms with van der Waals surface area (Å²) in [6.45, 7) is 0.242. The summed E-state index contributed by atoms with van der Waals surface area (Å²) in [5, 5.41) is 12.4. The minimum absolute atomic E-state index is 0.00368. The summed E-state index contributed by atoms with van der Waals surface area (Å²) in [6, 6.07) is 16.4. The summed E-state index contributed by atoms with van der Waals surface area (Å²) in [6.07, 6.45) is 1.12. The van der Waals surface area contributed by atoms with Crippen molar-refractivity contribution in [3.05, 3.63) is 70.2 Å². The molecule has 0 radical (unpaired) electrons. The quantitative estimate of drug-likeness (QED) is 0.639. The first kappa shape index (κ1) is 18.8. The Morgan fingerprint density at radius 2 is 1.77 bits per heavy atom. The van der Waals surface area contributed by atoms with E-state index in [1.54, 1.807) is 0 Å². The van der Waals surface area contributed by atoms with Gasteiger partial charge in [0.1, 0.15) is 6.61 Å². The van der Waals surface area contributed by atoms with Crippen molar-refractivity contribution in [3.63, 3.8) is 0 Å². The Morgan fingerprint density at radius 1 is 1.10 bits per heavy atom. The van der Waals surface area contributed by atoms with E-state index in [0.29, 0.717) is 24.4 Å². The summed E-state index contributed by atoms with van der Waals surface area (Å²) in [7, 11) is 0. The topological polar surface area (TPSA) is 88.5 Å². The zero-order valence-electron chi connectivity index (χ0n) is 16.1. The average Bonchev–Trinajstić information content (AvgIpc) is 3.30. The molecule has 5 rings (SSSR count). The number of amides is 1. The van der Waals surface area contributed by atoms with Gasteiger partial charge in [-0.1, -0.05) is 48.5 Å². The van der Waals surface area contributed by atoms with E-state index in [0.717, 1.165) is 21.7 Å². The molecule has 3 aromatic rings. The lowest BCUT2D eigenvalue weighted by Crippen LogP contribution is -2.21. The Balaban J connectivity index is 1.26. The molecule has 2 aliphatic rings. The van der Waals surface area contributed by atoms with Gasteiger partial charge in [0.15, 0.2) is 5.13 Å². The zero-order valence-corrected chi connectivity index (χ0v) is 16.9. The second kappa shape index (κ2) is 7.57. The predicted molar refractivity (Wildman–Crippen MR) is 114 cm³/mol. The van der Waals surface area contributed by atoms with Gasteiger partial charge in [0.05, 0.1) is 11.6 Å². The van der Waals surface area contributed by atoms with Crippen LogP contribution in [0.4, 0.5) is 9.93 Å². The van der Waals surface area contributed by atoms with Crippen molar-refractivity contribution in [2.75, 3.05) is 11.9 Å². The highest BCUT2D eigenvalue weighted by Gasteiger charge is 2.30. The third kappa shape index (κ3) is 3.35. The summed E-state index contributed by atoms with van der Waals surface area (Å²) in [4.78, 5) is 29.0. The van der Waals surface area contributed by atoms with E-state index in [9.17, 15) is 14.7 Å². The van der Waals surface area contributed by atoms with Gasteiger partial charge >= 0.3 is 12.1 Å². The van der Waals surface area contributed by atoms with Crippen molar-refractivity contribution >= 4 is 28.5 Å². The molecule has 0 bridgehead atoms. The highest BCUT2D eigenvalue weighted by Crippen LogP contribution is 2.44. The first-order chi connectivity index (χ1) is 14.6. The number of anilines is 1. The lowest BCUT2D eigenvalue weighted by atomic mass is 9.91.